The molecular formula is C16H20N2O3. The van der Waals surface area contributed by atoms with Crippen LogP contribution in [0.2, 0.25) is 0 Å². The topological polar surface area (TPSA) is 65.7 Å². The fourth-order valence-electron chi connectivity index (χ4n) is 2.18. The van der Waals surface area contributed by atoms with Crippen LogP contribution in [-0.4, -0.2) is 33.8 Å². The van der Waals surface area contributed by atoms with E-state index in [0.717, 1.165) is 17.7 Å². The summed E-state index contributed by atoms with van der Waals surface area (Å²) in [7, 11) is 3.86. The maximum Gasteiger partial charge on any atom is 0.223 e. The first-order valence-electron chi connectivity index (χ1n) is 6.80. The summed E-state index contributed by atoms with van der Waals surface area (Å²) >= 11 is 0. The van der Waals surface area contributed by atoms with Gasteiger partial charge in [0.05, 0.1) is 6.20 Å². The molecule has 0 bridgehead atoms. The van der Waals surface area contributed by atoms with Crippen LogP contribution in [0.3, 0.4) is 0 Å². The van der Waals surface area contributed by atoms with E-state index in [-0.39, 0.29) is 16.9 Å². The van der Waals surface area contributed by atoms with Crippen molar-refractivity contribution >= 4 is 0 Å². The predicted octanol–water partition coefficient (Wildman–Crippen LogP) is 1.56. The van der Waals surface area contributed by atoms with Crippen molar-refractivity contribution in [2.45, 2.75) is 19.5 Å². The van der Waals surface area contributed by atoms with Crippen molar-refractivity contribution in [1.29, 1.82) is 0 Å². The van der Waals surface area contributed by atoms with Crippen LogP contribution in [0.15, 0.2) is 41.3 Å². The van der Waals surface area contributed by atoms with Gasteiger partial charge >= 0.3 is 0 Å². The Hall–Kier alpha value is -2.27. The molecule has 0 fully saturated rings. The van der Waals surface area contributed by atoms with E-state index in [1.165, 1.54) is 12.3 Å². The van der Waals surface area contributed by atoms with Gasteiger partial charge in [0.2, 0.25) is 5.43 Å². The number of benzene rings is 1. The first-order valence-corrected chi connectivity index (χ1v) is 6.80. The van der Waals surface area contributed by atoms with Crippen molar-refractivity contribution in [3.63, 3.8) is 0 Å². The van der Waals surface area contributed by atoms with Gasteiger partial charge in [-0.25, -0.2) is 0 Å². The van der Waals surface area contributed by atoms with Crippen molar-refractivity contribution in [2.24, 2.45) is 0 Å². The van der Waals surface area contributed by atoms with Crippen molar-refractivity contribution in [1.82, 2.24) is 9.47 Å². The second kappa shape index (κ2) is 6.45. The Morgan fingerprint density at radius 2 is 1.81 bits per heavy atom. The van der Waals surface area contributed by atoms with E-state index >= 15 is 0 Å². The minimum absolute atomic E-state index is 0.233. The Morgan fingerprint density at radius 3 is 2.43 bits per heavy atom. The van der Waals surface area contributed by atoms with Gasteiger partial charge in [-0.1, -0.05) is 12.1 Å². The number of phenolic OH excluding ortho intramolecular Hbond substituents is 1. The number of hydrogen-bond donors (Lipinski definition) is 2. The van der Waals surface area contributed by atoms with Gasteiger partial charge < -0.3 is 19.7 Å². The molecule has 1 aromatic heterocycles. The van der Waals surface area contributed by atoms with Gasteiger partial charge in [-0.15, -0.1) is 0 Å². The molecule has 112 valence electrons. The van der Waals surface area contributed by atoms with Crippen LogP contribution in [0, 0.1) is 0 Å². The Morgan fingerprint density at radius 1 is 1.14 bits per heavy atom. The number of nitrogens with zero attached hydrogens (tertiary/aromatic N) is 2. The first-order chi connectivity index (χ1) is 9.95. The molecule has 0 amide bonds. The van der Waals surface area contributed by atoms with E-state index in [4.69, 9.17) is 0 Å². The Kier molecular flexibility index (Phi) is 4.65. The fourth-order valence-corrected chi connectivity index (χ4v) is 2.18. The molecule has 2 aromatic rings. The number of aromatic hydroxyl groups is 2. The zero-order chi connectivity index (χ0) is 15.4. The summed E-state index contributed by atoms with van der Waals surface area (Å²) < 4.78 is 1.89. The molecule has 2 N–H and O–H groups in total. The summed E-state index contributed by atoms with van der Waals surface area (Å²) in [5.74, 6) is 0.0104. The maximum absolute atomic E-state index is 11.6. The lowest BCUT2D eigenvalue weighted by Gasteiger charge is -2.17. The van der Waals surface area contributed by atoms with Gasteiger partial charge in [0.15, 0.2) is 5.75 Å². The van der Waals surface area contributed by atoms with Crippen LogP contribution in [0.1, 0.15) is 11.3 Å². The summed E-state index contributed by atoms with van der Waals surface area (Å²) in [5.41, 5.74) is 1.59. The molecule has 0 saturated carbocycles. The van der Waals surface area contributed by atoms with Crippen LogP contribution in [-0.2, 0) is 19.5 Å². The van der Waals surface area contributed by atoms with E-state index in [2.05, 4.69) is 0 Å². The molecule has 1 heterocycles. The van der Waals surface area contributed by atoms with Crippen molar-refractivity contribution in [2.75, 3.05) is 14.1 Å². The summed E-state index contributed by atoms with van der Waals surface area (Å²) in [5, 5.41) is 18.9. The van der Waals surface area contributed by atoms with Crippen LogP contribution in [0.25, 0.3) is 0 Å². The molecule has 0 aliphatic rings. The van der Waals surface area contributed by atoms with Crippen LogP contribution in [0.5, 0.6) is 11.5 Å². The van der Waals surface area contributed by atoms with Crippen molar-refractivity contribution in [3.8, 4) is 11.5 Å². The number of pyridine rings is 1. The average Bonchev–Trinajstić information content (AvgIpc) is 2.42. The fraction of sp³-hybridized carbons (Fsp3) is 0.312. The summed E-state index contributed by atoms with van der Waals surface area (Å²) in [4.78, 5) is 13.6. The lowest BCUT2D eigenvalue weighted by molar-refractivity contribution is 0.381. The largest absolute Gasteiger partial charge is 0.508 e. The van der Waals surface area contributed by atoms with Gasteiger partial charge in [-0.2, -0.15) is 0 Å². The Balaban J connectivity index is 2.19. The van der Waals surface area contributed by atoms with Gasteiger partial charge in [-0.3, -0.25) is 4.79 Å². The lowest BCUT2D eigenvalue weighted by atomic mass is 10.1. The van der Waals surface area contributed by atoms with Crippen molar-refractivity contribution < 1.29 is 10.2 Å². The van der Waals surface area contributed by atoms with Crippen molar-refractivity contribution in [3.05, 3.63) is 58.0 Å². The average molecular weight is 288 g/mol. The molecule has 0 radical (unpaired) electrons. The van der Waals surface area contributed by atoms with E-state index in [1.807, 2.05) is 35.7 Å². The Bertz CT molecular complexity index is 660. The highest BCUT2D eigenvalue weighted by atomic mass is 16.3. The van der Waals surface area contributed by atoms with Gasteiger partial charge in [0.1, 0.15) is 5.75 Å². The quantitative estimate of drug-likeness (QED) is 0.876. The molecule has 0 saturated heterocycles. The highest BCUT2D eigenvalue weighted by Crippen LogP contribution is 2.12. The number of hydrogen-bond acceptors (Lipinski definition) is 4. The third kappa shape index (κ3) is 4.10. The molecule has 5 heteroatoms. The lowest BCUT2D eigenvalue weighted by Crippen LogP contribution is -2.20. The Labute approximate surface area is 123 Å². The second-order valence-electron chi connectivity index (χ2n) is 5.36. The van der Waals surface area contributed by atoms with Crippen LogP contribution in [0.4, 0.5) is 0 Å². The van der Waals surface area contributed by atoms with Crippen LogP contribution >= 0.6 is 0 Å². The van der Waals surface area contributed by atoms with E-state index < -0.39 is 0 Å². The van der Waals surface area contributed by atoms with E-state index in [9.17, 15) is 15.0 Å². The predicted molar refractivity (Wildman–Crippen MR) is 81.6 cm³/mol. The summed E-state index contributed by atoms with van der Waals surface area (Å²) in [6.45, 7) is 1.28. The molecule has 21 heavy (non-hydrogen) atoms. The number of rotatable bonds is 5. The van der Waals surface area contributed by atoms with Gasteiger partial charge in [-0.05, 0) is 38.2 Å². The maximum atomic E-state index is 11.6. The molecule has 0 unspecified atom stereocenters. The molecule has 0 atom stereocenters. The third-order valence-electron chi connectivity index (χ3n) is 3.25. The molecule has 0 spiro atoms. The molecule has 1 aromatic carbocycles. The van der Waals surface area contributed by atoms with E-state index in [1.54, 1.807) is 12.1 Å². The zero-order valence-electron chi connectivity index (χ0n) is 12.3. The molecule has 5 nitrogen and oxygen atoms in total. The van der Waals surface area contributed by atoms with Crippen LogP contribution < -0.4 is 5.43 Å². The molecule has 0 aliphatic heterocycles. The summed E-state index contributed by atoms with van der Waals surface area (Å²) in [6, 6.07) is 8.51. The highest BCUT2D eigenvalue weighted by Gasteiger charge is 2.07. The van der Waals surface area contributed by atoms with Gasteiger partial charge in [0, 0.05) is 24.8 Å². The standard InChI is InChI=1S/C16H20N2O3/c1-17(2)10-13-9-15(20)16(21)11-18(13)8-7-12-3-5-14(19)6-4-12/h3-6,9,11,19,21H,7-8,10H2,1-2H3. The zero-order valence-corrected chi connectivity index (χ0v) is 12.3. The number of phenols is 1. The first kappa shape index (κ1) is 15.1. The highest BCUT2D eigenvalue weighted by molar-refractivity contribution is 5.26. The summed E-state index contributed by atoms with van der Waals surface area (Å²) in [6.07, 6.45) is 2.24. The number of aromatic nitrogens is 1. The van der Waals surface area contributed by atoms with Gasteiger partial charge in [0.25, 0.3) is 0 Å². The molecule has 0 aliphatic carbocycles. The van der Waals surface area contributed by atoms with E-state index in [0.29, 0.717) is 13.1 Å². The smallest absolute Gasteiger partial charge is 0.223 e. The number of aryl methyl sites for hydroxylation is 2. The molecule has 2 rings (SSSR count). The normalized spacial score (nSPS) is 11.0. The SMILES string of the molecule is CN(C)Cc1cc(=O)c(O)cn1CCc1ccc(O)cc1. The minimum atomic E-state index is -0.354. The third-order valence-corrected chi connectivity index (χ3v) is 3.25. The second-order valence-corrected chi connectivity index (χ2v) is 5.36. The monoisotopic (exact) mass is 288 g/mol. The minimum Gasteiger partial charge on any atom is -0.508 e. The molecular weight excluding hydrogens is 268 g/mol.